The molecule has 0 bridgehead atoms. The van der Waals surface area contributed by atoms with Gasteiger partial charge in [-0.2, -0.15) is 5.10 Å². The highest BCUT2D eigenvalue weighted by Crippen LogP contribution is 2.42. The number of ether oxygens (including phenoxy) is 1. The summed E-state index contributed by atoms with van der Waals surface area (Å²) >= 11 is 0. The van der Waals surface area contributed by atoms with Crippen molar-refractivity contribution in [2.24, 2.45) is 5.92 Å². The summed E-state index contributed by atoms with van der Waals surface area (Å²) in [6, 6.07) is 5.96. The number of amides is 3. The summed E-state index contributed by atoms with van der Waals surface area (Å²) in [5, 5.41) is 4.39. The van der Waals surface area contributed by atoms with Crippen LogP contribution in [0.5, 0.6) is 0 Å². The van der Waals surface area contributed by atoms with Crippen molar-refractivity contribution in [3.63, 3.8) is 0 Å². The molecule has 1 aliphatic heterocycles. The minimum absolute atomic E-state index is 0.0402. The van der Waals surface area contributed by atoms with Crippen LogP contribution in [0.4, 0.5) is 16.2 Å². The molecule has 186 valence electrons. The molecule has 0 unspecified atom stereocenters. The molecule has 2 heterocycles. The monoisotopic (exact) mass is 479 g/mol. The molecule has 3 aliphatic rings. The van der Waals surface area contributed by atoms with Gasteiger partial charge in [-0.1, -0.05) is 6.07 Å². The number of hydrogen-bond donors (Lipinski definition) is 0. The van der Waals surface area contributed by atoms with E-state index in [9.17, 15) is 14.4 Å². The van der Waals surface area contributed by atoms with Crippen molar-refractivity contribution < 1.29 is 19.1 Å². The number of fused-ring (bicyclic) bond motifs is 1. The average Bonchev–Trinajstić information content (AvgIpc) is 3.74. The Bertz CT molecular complexity index is 1150. The number of rotatable bonds is 6. The number of carbonyl (C=O) groups excluding carboxylic acids is 3. The highest BCUT2D eigenvalue weighted by molar-refractivity contribution is 6.05. The van der Waals surface area contributed by atoms with E-state index in [4.69, 9.17) is 4.74 Å². The lowest BCUT2D eigenvalue weighted by Crippen LogP contribution is -2.52. The van der Waals surface area contributed by atoms with Gasteiger partial charge in [0.1, 0.15) is 6.54 Å². The summed E-state index contributed by atoms with van der Waals surface area (Å²) in [7, 11) is 1.84. The van der Waals surface area contributed by atoms with Gasteiger partial charge in [0, 0.05) is 37.3 Å². The zero-order valence-corrected chi connectivity index (χ0v) is 20.8. The maximum atomic E-state index is 13.1. The summed E-state index contributed by atoms with van der Waals surface area (Å²) in [5.74, 6) is 0.233. The Morgan fingerprint density at radius 3 is 2.51 bits per heavy atom. The Hall–Kier alpha value is -3.36. The lowest BCUT2D eigenvalue weighted by Gasteiger charge is -2.41. The third-order valence-corrected chi connectivity index (χ3v) is 6.89. The Morgan fingerprint density at radius 2 is 1.86 bits per heavy atom. The number of carbonyl (C=O) groups is 3. The molecule has 9 nitrogen and oxygen atoms in total. The fourth-order valence-corrected chi connectivity index (χ4v) is 4.62. The molecule has 0 spiro atoms. The molecule has 2 fully saturated rings. The SMILES string of the molecule is CC(C)OC(=O)N1C[C@H](C)N(C(=O)C2CC2)c2ccc(-c3cnn(CC(=O)N(C)C4CC4)c3)cc21. The number of anilines is 2. The van der Waals surface area contributed by atoms with E-state index in [1.807, 2.05) is 57.1 Å². The molecular formula is C26H33N5O4. The van der Waals surface area contributed by atoms with E-state index in [-0.39, 0.29) is 36.4 Å². The van der Waals surface area contributed by atoms with Gasteiger partial charge in [-0.05, 0) is 64.2 Å². The molecular weight excluding hydrogens is 446 g/mol. The standard InChI is InChI=1S/C26H33N5O4/c1-16(2)35-26(34)30-13-17(3)31(25(33)18-5-6-18)22-10-7-19(11-23(22)30)20-12-27-29(14-20)15-24(32)28(4)21-8-9-21/h7,10-12,14,16-18,21H,5-6,8-9,13,15H2,1-4H3/t17-/m0/s1. The molecule has 2 aliphatic carbocycles. The lowest BCUT2D eigenvalue weighted by molar-refractivity contribution is -0.131. The van der Waals surface area contributed by atoms with Gasteiger partial charge in [0.05, 0.1) is 29.7 Å². The largest absolute Gasteiger partial charge is 0.446 e. The van der Waals surface area contributed by atoms with Crippen LogP contribution in [-0.4, -0.2) is 64.4 Å². The van der Waals surface area contributed by atoms with Crippen LogP contribution in [0, 0.1) is 5.92 Å². The van der Waals surface area contributed by atoms with E-state index in [1.54, 1.807) is 20.7 Å². The van der Waals surface area contributed by atoms with Crippen LogP contribution in [0.25, 0.3) is 11.1 Å². The molecule has 35 heavy (non-hydrogen) atoms. The second-order valence-electron chi connectivity index (χ2n) is 10.2. The van der Waals surface area contributed by atoms with Crippen molar-refractivity contribution in [3.05, 3.63) is 30.6 Å². The molecule has 0 N–H and O–H groups in total. The Kier molecular flexibility index (Phi) is 6.02. The number of aromatic nitrogens is 2. The number of benzene rings is 1. The predicted molar refractivity (Wildman–Crippen MR) is 132 cm³/mol. The Balaban J connectivity index is 1.45. The summed E-state index contributed by atoms with van der Waals surface area (Å²) in [5.41, 5.74) is 3.07. The topological polar surface area (TPSA) is 88.0 Å². The molecule has 0 saturated heterocycles. The lowest BCUT2D eigenvalue weighted by atomic mass is 10.0. The highest BCUT2D eigenvalue weighted by Gasteiger charge is 2.41. The predicted octanol–water partition coefficient (Wildman–Crippen LogP) is 3.67. The molecule has 1 aromatic heterocycles. The van der Waals surface area contributed by atoms with Crippen LogP contribution in [-0.2, 0) is 20.9 Å². The van der Waals surface area contributed by atoms with E-state index < -0.39 is 6.09 Å². The molecule has 1 aromatic carbocycles. The van der Waals surface area contributed by atoms with Crippen molar-refractivity contribution in [1.82, 2.24) is 14.7 Å². The van der Waals surface area contributed by atoms with Crippen molar-refractivity contribution >= 4 is 29.3 Å². The molecule has 0 radical (unpaired) electrons. The van der Waals surface area contributed by atoms with E-state index in [2.05, 4.69) is 5.10 Å². The summed E-state index contributed by atoms with van der Waals surface area (Å²) < 4.78 is 7.16. The minimum Gasteiger partial charge on any atom is -0.446 e. The van der Waals surface area contributed by atoms with Gasteiger partial charge in [-0.3, -0.25) is 19.2 Å². The maximum Gasteiger partial charge on any atom is 0.414 e. The number of hydrogen-bond acceptors (Lipinski definition) is 5. The molecule has 5 rings (SSSR count). The highest BCUT2D eigenvalue weighted by atomic mass is 16.6. The van der Waals surface area contributed by atoms with Gasteiger partial charge in [0.2, 0.25) is 11.8 Å². The van der Waals surface area contributed by atoms with Crippen LogP contribution >= 0.6 is 0 Å². The first kappa shape index (κ1) is 23.4. The van der Waals surface area contributed by atoms with Crippen molar-refractivity contribution in [1.29, 1.82) is 0 Å². The fraction of sp³-hybridized carbons (Fsp3) is 0.538. The van der Waals surface area contributed by atoms with E-state index in [0.29, 0.717) is 18.3 Å². The third-order valence-electron chi connectivity index (χ3n) is 6.89. The summed E-state index contributed by atoms with van der Waals surface area (Å²) in [4.78, 5) is 43.8. The van der Waals surface area contributed by atoms with Gasteiger partial charge < -0.3 is 14.5 Å². The van der Waals surface area contributed by atoms with Gasteiger partial charge in [-0.25, -0.2) is 4.79 Å². The average molecular weight is 480 g/mol. The maximum absolute atomic E-state index is 13.1. The summed E-state index contributed by atoms with van der Waals surface area (Å²) in [6.07, 6.45) is 6.86. The molecule has 2 aromatic rings. The Labute approximate surface area is 205 Å². The quantitative estimate of drug-likeness (QED) is 0.631. The van der Waals surface area contributed by atoms with E-state index in [1.165, 1.54) is 0 Å². The zero-order valence-electron chi connectivity index (χ0n) is 20.8. The molecule has 1 atom stereocenters. The first-order valence-corrected chi connectivity index (χ1v) is 12.5. The molecule has 2 saturated carbocycles. The number of likely N-dealkylation sites (N-methyl/N-ethyl adjacent to an activating group) is 1. The first-order valence-electron chi connectivity index (χ1n) is 12.5. The smallest absolute Gasteiger partial charge is 0.414 e. The number of nitrogens with zero attached hydrogens (tertiary/aromatic N) is 5. The third kappa shape index (κ3) is 4.76. The second kappa shape index (κ2) is 9.02. The van der Waals surface area contributed by atoms with Gasteiger partial charge >= 0.3 is 6.09 Å². The van der Waals surface area contributed by atoms with Crippen molar-refractivity contribution in [2.75, 3.05) is 23.4 Å². The zero-order chi connectivity index (χ0) is 24.9. The normalized spacial score (nSPS) is 19.5. The van der Waals surface area contributed by atoms with Crippen LogP contribution in [0.3, 0.4) is 0 Å². The van der Waals surface area contributed by atoms with E-state index in [0.717, 1.165) is 42.5 Å². The Morgan fingerprint density at radius 1 is 1.11 bits per heavy atom. The van der Waals surface area contributed by atoms with Gasteiger partial charge in [0.15, 0.2) is 0 Å². The minimum atomic E-state index is -0.423. The van der Waals surface area contributed by atoms with Gasteiger partial charge in [0.25, 0.3) is 0 Å². The van der Waals surface area contributed by atoms with Crippen LogP contribution < -0.4 is 9.80 Å². The van der Waals surface area contributed by atoms with Crippen molar-refractivity contribution in [2.45, 2.75) is 71.2 Å². The molecule has 9 heteroatoms. The van der Waals surface area contributed by atoms with Crippen LogP contribution in [0.15, 0.2) is 30.6 Å². The van der Waals surface area contributed by atoms with E-state index >= 15 is 0 Å². The van der Waals surface area contributed by atoms with Gasteiger partial charge in [-0.15, -0.1) is 0 Å². The molecule has 3 amide bonds. The van der Waals surface area contributed by atoms with Crippen LogP contribution in [0.1, 0.15) is 46.5 Å². The second-order valence-corrected chi connectivity index (χ2v) is 10.2. The van der Waals surface area contributed by atoms with Crippen molar-refractivity contribution in [3.8, 4) is 11.1 Å². The fourth-order valence-electron chi connectivity index (χ4n) is 4.62. The summed E-state index contributed by atoms with van der Waals surface area (Å²) in [6.45, 7) is 6.16. The van der Waals surface area contributed by atoms with Crippen LogP contribution in [0.2, 0.25) is 0 Å². The first-order chi connectivity index (χ1) is 16.7.